The van der Waals surface area contributed by atoms with Gasteiger partial charge in [0.25, 0.3) is 0 Å². The number of benzene rings is 1. The lowest BCUT2D eigenvalue weighted by atomic mass is 10.3. The number of anilines is 1. The highest BCUT2D eigenvalue weighted by atomic mass is 15.1. The summed E-state index contributed by atoms with van der Waals surface area (Å²) < 4.78 is 0. The fourth-order valence-corrected chi connectivity index (χ4v) is 1.62. The first-order valence-electron chi connectivity index (χ1n) is 5.89. The third kappa shape index (κ3) is 4.34. The summed E-state index contributed by atoms with van der Waals surface area (Å²) in [6.07, 6.45) is 1.21. The van der Waals surface area contributed by atoms with Crippen molar-refractivity contribution in [3.05, 3.63) is 30.3 Å². The number of para-hydroxylation sites is 1. The molecule has 0 saturated heterocycles. The van der Waals surface area contributed by atoms with Gasteiger partial charge in [-0.1, -0.05) is 25.1 Å². The van der Waals surface area contributed by atoms with Crippen molar-refractivity contribution in [3.8, 4) is 0 Å². The molecular weight excluding hydrogens is 184 g/mol. The van der Waals surface area contributed by atoms with Crippen LogP contribution in [0.5, 0.6) is 0 Å². The first-order chi connectivity index (χ1) is 7.38. The lowest BCUT2D eigenvalue weighted by Gasteiger charge is -2.23. The van der Waals surface area contributed by atoms with Gasteiger partial charge in [-0.15, -0.1) is 0 Å². The Hall–Kier alpha value is -1.02. The van der Waals surface area contributed by atoms with E-state index < -0.39 is 0 Å². The van der Waals surface area contributed by atoms with Crippen LogP contribution in [0.25, 0.3) is 0 Å². The maximum atomic E-state index is 3.43. The van der Waals surface area contributed by atoms with Crippen molar-refractivity contribution in [2.24, 2.45) is 0 Å². The van der Waals surface area contributed by atoms with Crippen molar-refractivity contribution in [1.29, 1.82) is 0 Å². The Labute approximate surface area is 93.3 Å². The molecule has 1 rings (SSSR count). The minimum Gasteiger partial charge on any atom is -0.371 e. The van der Waals surface area contributed by atoms with E-state index in [1.165, 1.54) is 12.1 Å². The van der Waals surface area contributed by atoms with Gasteiger partial charge in [-0.3, -0.25) is 0 Å². The Balaban J connectivity index is 2.36. The average molecular weight is 206 g/mol. The Morgan fingerprint density at radius 3 is 2.40 bits per heavy atom. The van der Waals surface area contributed by atoms with Crippen LogP contribution in [0.15, 0.2) is 30.3 Å². The van der Waals surface area contributed by atoms with E-state index in [0.29, 0.717) is 0 Å². The van der Waals surface area contributed by atoms with Crippen molar-refractivity contribution in [3.63, 3.8) is 0 Å². The van der Waals surface area contributed by atoms with Gasteiger partial charge in [0, 0.05) is 25.3 Å². The molecule has 0 aliphatic rings. The van der Waals surface area contributed by atoms with Crippen LogP contribution in [0.3, 0.4) is 0 Å². The Kier molecular flexibility index (Phi) is 5.86. The van der Waals surface area contributed by atoms with Crippen LogP contribution in [0, 0.1) is 0 Å². The molecule has 0 heterocycles. The molecule has 0 aliphatic carbocycles. The largest absolute Gasteiger partial charge is 0.371 e. The fourth-order valence-electron chi connectivity index (χ4n) is 1.62. The smallest absolute Gasteiger partial charge is 0.0366 e. The summed E-state index contributed by atoms with van der Waals surface area (Å²) in [5.41, 5.74) is 1.32. The van der Waals surface area contributed by atoms with Crippen LogP contribution in [-0.2, 0) is 0 Å². The van der Waals surface area contributed by atoms with Gasteiger partial charge < -0.3 is 10.2 Å². The van der Waals surface area contributed by atoms with Gasteiger partial charge in [0.1, 0.15) is 0 Å². The van der Waals surface area contributed by atoms with E-state index in [9.17, 15) is 0 Å². The molecule has 0 fully saturated rings. The standard InChI is InChI=1S/C13H22N2/c1-3-10-14-11-12-15(4-2)13-8-6-5-7-9-13/h5-9,14H,3-4,10-12H2,1-2H3. The number of nitrogens with zero attached hydrogens (tertiary/aromatic N) is 1. The van der Waals surface area contributed by atoms with E-state index in [0.717, 1.165) is 26.2 Å². The van der Waals surface area contributed by atoms with Gasteiger partial charge in [0.05, 0.1) is 0 Å². The summed E-state index contributed by atoms with van der Waals surface area (Å²) in [7, 11) is 0. The van der Waals surface area contributed by atoms with Gasteiger partial charge in [-0.2, -0.15) is 0 Å². The quantitative estimate of drug-likeness (QED) is 0.690. The summed E-state index contributed by atoms with van der Waals surface area (Å²) in [6.45, 7) is 8.73. The minimum atomic E-state index is 1.07. The predicted molar refractivity (Wildman–Crippen MR) is 67.5 cm³/mol. The molecule has 1 aromatic carbocycles. The molecule has 0 spiro atoms. The highest BCUT2D eigenvalue weighted by Crippen LogP contribution is 2.11. The summed E-state index contributed by atoms with van der Waals surface area (Å²) in [5, 5.41) is 3.43. The molecule has 0 radical (unpaired) electrons. The van der Waals surface area contributed by atoms with Crippen molar-refractivity contribution in [2.75, 3.05) is 31.1 Å². The van der Waals surface area contributed by atoms with Crippen LogP contribution in [0.2, 0.25) is 0 Å². The number of hydrogen-bond donors (Lipinski definition) is 1. The SMILES string of the molecule is CCCNCCN(CC)c1ccccc1. The minimum absolute atomic E-state index is 1.07. The normalized spacial score (nSPS) is 10.3. The van der Waals surface area contributed by atoms with Crippen LogP contribution in [0.4, 0.5) is 5.69 Å². The molecule has 0 aromatic heterocycles. The summed E-state index contributed by atoms with van der Waals surface area (Å²) in [4.78, 5) is 2.39. The predicted octanol–water partition coefficient (Wildman–Crippen LogP) is 2.51. The molecular formula is C13H22N2. The second-order valence-corrected chi connectivity index (χ2v) is 3.67. The molecule has 1 aromatic rings. The molecule has 0 atom stereocenters. The molecule has 15 heavy (non-hydrogen) atoms. The molecule has 0 amide bonds. The van der Waals surface area contributed by atoms with Crippen molar-refractivity contribution in [2.45, 2.75) is 20.3 Å². The Morgan fingerprint density at radius 2 is 1.80 bits per heavy atom. The second kappa shape index (κ2) is 7.30. The number of hydrogen-bond acceptors (Lipinski definition) is 2. The van der Waals surface area contributed by atoms with Gasteiger partial charge in [-0.05, 0) is 32.0 Å². The van der Waals surface area contributed by atoms with E-state index in [1.807, 2.05) is 0 Å². The van der Waals surface area contributed by atoms with E-state index >= 15 is 0 Å². The monoisotopic (exact) mass is 206 g/mol. The first kappa shape index (κ1) is 12.1. The summed E-state index contributed by atoms with van der Waals surface area (Å²) in [5.74, 6) is 0. The molecule has 0 aliphatic heterocycles. The molecule has 2 heteroatoms. The molecule has 84 valence electrons. The van der Waals surface area contributed by atoms with Crippen LogP contribution in [0.1, 0.15) is 20.3 Å². The molecule has 0 unspecified atom stereocenters. The molecule has 0 saturated carbocycles. The molecule has 0 bridgehead atoms. The van der Waals surface area contributed by atoms with E-state index in [-0.39, 0.29) is 0 Å². The Morgan fingerprint density at radius 1 is 1.07 bits per heavy atom. The van der Waals surface area contributed by atoms with Crippen molar-refractivity contribution >= 4 is 5.69 Å². The number of likely N-dealkylation sites (N-methyl/N-ethyl adjacent to an activating group) is 1. The third-order valence-electron chi connectivity index (χ3n) is 2.49. The van der Waals surface area contributed by atoms with Gasteiger partial charge in [-0.25, -0.2) is 0 Å². The van der Waals surface area contributed by atoms with Gasteiger partial charge in [0.2, 0.25) is 0 Å². The zero-order valence-corrected chi connectivity index (χ0v) is 9.87. The van der Waals surface area contributed by atoms with Gasteiger partial charge in [0.15, 0.2) is 0 Å². The van der Waals surface area contributed by atoms with Crippen LogP contribution in [-0.4, -0.2) is 26.2 Å². The molecule has 2 nitrogen and oxygen atoms in total. The number of nitrogens with one attached hydrogen (secondary N) is 1. The highest BCUT2D eigenvalue weighted by Gasteiger charge is 2.01. The van der Waals surface area contributed by atoms with Crippen molar-refractivity contribution < 1.29 is 0 Å². The van der Waals surface area contributed by atoms with Crippen LogP contribution >= 0.6 is 0 Å². The molecule has 1 N–H and O–H groups in total. The van der Waals surface area contributed by atoms with Crippen molar-refractivity contribution in [1.82, 2.24) is 5.32 Å². The highest BCUT2D eigenvalue weighted by molar-refractivity contribution is 5.45. The lowest BCUT2D eigenvalue weighted by Crippen LogP contribution is -2.32. The first-order valence-corrected chi connectivity index (χ1v) is 5.89. The zero-order chi connectivity index (χ0) is 10.9. The average Bonchev–Trinajstić information content (AvgIpc) is 2.30. The second-order valence-electron chi connectivity index (χ2n) is 3.67. The zero-order valence-electron chi connectivity index (χ0n) is 9.87. The maximum absolute atomic E-state index is 3.43. The summed E-state index contributed by atoms with van der Waals surface area (Å²) >= 11 is 0. The lowest BCUT2D eigenvalue weighted by molar-refractivity contribution is 0.654. The van der Waals surface area contributed by atoms with Crippen LogP contribution < -0.4 is 10.2 Å². The maximum Gasteiger partial charge on any atom is 0.0366 e. The van der Waals surface area contributed by atoms with E-state index in [2.05, 4.69) is 54.4 Å². The topological polar surface area (TPSA) is 15.3 Å². The van der Waals surface area contributed by atoms with E-state index in [1.54, 1.807) is 0 Å². The Bertz CT molecular complexity index is 246. The number of rotatable bonds is 7. The third-order valence-corrected chi connectivity index (χ3v) is 2.49. The van der Waals surface area contributed by atoms with E-state index in [4.69, 9.17) is 0 Å². The summed E-state index contributed by atoms with van der Waals surface area (Å²) in [6, 6.07) is 10.6. The fraction of sp³-hybridized carbons (Fsp3) is 0.538. The van der Waals surface area contributed by atoms with Gasteiger partial charge >= 0.3 is 0 Å².